The van der Waals surface area contributed by atoms with E-state index in [1.54, 1.807) is 6.92 Å². The Labute approximate surface area is 169 Å². The maximum absolute atomic E-state index is 11.4. The number of aliphatic imine (C=N–C) groups is 1. The van der Waals surface area contributed by atoms with Crippen LogP contribution in [0.4, 0.5) is 0 Å². The number of unbranched alkanes of at least 4 members (excludes halogenated alkanes) is 9. The molecule has 7 nitrogen and oxygen atoms in total. The van der Waals surface area contributed by atoms with Crippen LogP contribution in [-0.4, -0.2) is 64.9 Å². The fourth-order valence-corrected chi connectivity index (χ4v) is 3.97. The van der Waals surface area contributed by atoms with Crippen molar-refractivity contribution in [3.63, 3.8) is 0 Å². The number of hydrogen-bond acceptors (Lipinski definition) is 4. The standard InChI is InChI=1S/C21H38N2O5/c1-3-4-5-6-7-8-9-10-11-12-13-19-22-14-15-23(19,16-20(24)25)18(2)28-17-21(26)27/h18H,3-17H2,1-2H3,(H-,24,25,26,27)/p+1. The molecule has 1 aliphatic heterocycles. The average molecular weight is 400 g/mol. The van der Waals surface area contributed by atoms with Crippen LogP contribution in [0.5, 0.6) is 0 Å². The summed E-state index contributed by atoms with van der Waals surface area (Å²) in [5.74, 6) is -1.11. The van der Waals surface area contributed by atoms with Gasteiger partial charge in [-0.05, 0) is 6.42 Å². The number of carboxylic acids is 2. The first-order chi connectivity index (χ1) is 13.4. The summed E-state index contributed by atoms with van der Waals surface area (Å²) >= 11 is 0. The second-order valence-electron chi connectivity index (χ2n) is 7.84. The molecule has 0 aromatic rings. The number of nitrogens with zero attached hydrogens (tertiary/aromatic N) is 2. The molecular weight excluding hydrogens is 360 g/mol. The average Bonchev–Trinajstić information content (AvgIpc) is 3.04. The first-order valence-corrected chi connectivity index (χ1v) is 10.9. The van der Waals surface area contributed by atoms with Crippen LogP contribution < -0.4 is 0 Å². The van der Waals surface area contributed by atoms with Crippen LogP contribution in [0.25, 0.3) is 0 Å². The van der Waals surface area contributed by atoms with Gasteiger partial charge < -0.3 is 14.9 Å². The van der Waals surface area contributed by atoms with Gasteiger partial charge in [-0.1, -0.05) is 64.7 Å². The highest BCUT2D eigenvalue weighted by Crippen LogP contribution is 2.25. The predicted octanol–water partition coefficient (Wildman–Crippen LogP) is 4.06. The van der Waals surface area contributed by atoms with Crippen LogP contribution in [-0.2, 0) is 14.3 Å². The van der Waals surface area contributed by atoms with Gasteiger partial charge in [-0.3, -0.25) is 0 Å². The van der Waals surface area contributed by atoms with Crippen molar-refractivity contribution in [3.05, 3.63) is 0 Å². The van der Waals surface area contributed by atoms with Crippen molar-refractivity contribution in [2.24, 2.45) is 4.99 Å². The Morgan fingerprint density at radius 2 is 1.57 bits per heavy atom. The second-order valence-corrected chi connectivity index (χ2v) is 7.84. The van der Waals surface area contributed by atoms with E-state index < -0.39 is 24.8 Å². The Morgan fingerprint density at radius 3 is 2.11 bits per heavy atom. The molecule has 0 aliphatic carbocycles. The fourth-order valence-electron chi connectivity index (χ4n) is 3.97. The lowest BCUT2D eigenvalue weighted by Crippen LogP contribution is -2.60. The number of ether oxygens (including phenoxy) is 1. The summed E-state index contributed by atoms with van der Waals surface area (Å²) in [6.45, 7) is 4.58. The van der Waals surface area contributed by atoms with Crippen LogP contribution in [0.2, 0.25) is 0 Å². The number of carbonyl (C=O) groups is 2. The highest BCUT2D eigenvalue weighted by molar-refractivity contribution is 5.80. The van der Waals surface area contributed by atoms with Crippen LogP contribution >= 0.6 is 0 Å². The molecule has 0 spiro atoms. The van der Waals surface area contributed by atoms with Crippen molar-refractivity contribution in [3.8, 4) is 0 Å². The molecule has 2 N–H and O–H groups in total. The number of quaternary nitrogens is 1. The molecule has 0 amide bonds. The minimum Gasteiger partial charge on any atom is -0.480 e. The third kappa shape index (κ3) is 8.69. The van der Waals surface area contributed by atoms with Gasteiger partial charge in [-0.25, -0.2) is 19.1 Å². The Morgan fingerprint density at radius 1 is 1.00 bits per heavy atom. The van der Waals surface area contributed by atoms with E-state index in [1.807, 2.05) is 0 Å². The predicted molar refractivity (Wildman–Crippen MR) is 109 cm³/mol. The maximum Gasteiger partial charge on any atom is 0.359 e. The number of amidine groups is 1. The molecule has 1 aliphatic rings. The lowest BCUT2D eigenvalue weighted by Gasteiger charge is -2.38. The summed E-state index contributed by atoms with van der Waals surface area (Å²) in [5, 5.41) is 18.2. The molecule has 0 fully saturated rings. The molecule has 162 valence electrons. The van der Waals surface area contributed by atoms with Crippen molar-refractivity contribution < 1.29 is 29.0 Å². The van der Waals surface area contributed by atoms with Gasteiger partial charge in [0.25, 0.3) is 0 Å². The summed E-state index contributed by atoms with van der Waals surface area (Å²) in [6, 6.07) is 0. The van der Waals surface area contributed by atoms with Gasteiger partial charge in [0, 0.05) is 13.3 Å². The van der Waals surface area contributed by atoms with Crippen LogP contribution in [0.1, 0.15) is 84.5 Å². The van der Waals surface area contributed by atoms with Gasteiger partial charge in [0.1, 0.15) is 6.54 Å². The lowest BCUT2D eigenvalue weighted by molar-refractivity contribution is -0.878. The molecule has 2 atom stereocenters. The first-order valence-electron chi connectivity index (χ1n) is 10.9. The van der Waals surface area contributed by atoms with E-state index in [1.165, 1.54) is 51.4 Å². The Bertz CT molecular complexity index is 509. The summed E-state index contributed by atoms with van der Waals surface area (Å²) < 4.78 is 5.58. The molecule has 0 saturated heterocycles. The third-order valence-electron chi connectivity index (χ3n) is 5.62. The molecular formula is C21H39N2O5+. The van der Waals surface area contributed by atoms with Crippen molar-refractivity contribution in [1.29, 1.82) is 0 Å². The fraction of sp³-hybridized carbons (Fsp3) is 0.857. The maximum atomic E-state index is 11.4. The van der Waals surface area contributed by atoms with Gasteiger partial charge in [0.15, 0.2) is 19.4 Å². The smallest absolute Gasteiger partial charge is 0.359 e. The molecule has 1 heterocycles. The van der Waals surface area contributed by atoms with E-state index in [0.717, 1.165) is 25.1 Å². The first kappa shape index (κ1) is 24.6. The normalized spacial score (nSPS) is 20.1. The molecule has 0 saturated carbocycles. The zero-order valence-electron chi connectivity index (χ0n) is 17.7. The zero-order valence-corrected chi connectivity index (χ0v) is 17.7. The number of rotatable bonds is 17. The molecule has 0 aromatic carbocycles. The Kier molecular flexibility index (Phi) is 12.0. The molecule has 1 rings (SSSR count). The Balaban J connectivity index is 2.40. The van der Waals surface area contributed by atoms with Crippen molar-refractivity contribution in [2.75, 3.05) is 26.2 Å². The molecule has 0 radical (unpaired) electrons. The minimum atomic E-state index is -1.05. The van der Waals surface area contributed by atoms with Gasteiger partial charge >= 0.3 is 11.9 Å². The van der Waals surface area contributed by atoms with Gasteiger partial charge in [0.05, 0.1) is 6.54 Å². The SMILES string of the molecule is CCCCCCCCCCCCC1=NCC[N+]1(CC(=O)O)C(C)OCC(=O)O. The monoisotopic (exact) mass is 399 g/mol. The van der Waals surface area contributed by atoms with Crippen molar-refractivity contribution in [2.45, 2.75) is 90.7 Å². The summed E-state index contributed by atoms with van der Waals surface area (Å²) in [4.78, 5) is 26.8. The summed E-state index contributed by atoms with van der Waals surface area (Å²) in [5.41, 5.74) is 0. The summed E-state index contributed by atoms with van der Waals surface area (Å²) in [7, 11) is 0. The highest BCUT2D eigenvalue weighted by atomic mass is 16.5. The van der Waals surface area contributed by atoms with Crippen LogP contribution in [0.3, 0.4) is 0 Å². The van der Waals surface area contributed by atoms with E-state index in [4.69, 9.17) is 9.84 Å². The van der Waals surface area contributed by atoms with E-state index in [0.29, 0.717) is 13.1 Å². The molecule has 28 heavy (non-hydrogen) atoms. The number of aliphatic carboxylic acids is 2. The third-order valence-corrected chi connectivity index (χ3v) is 5.62. The molecule has 2 unspecified atom stereocenters. The minimum absolute atomic E-state index is 0.114. The van der Waals surface area contributed by atoms with E-state index >= 15 is 0 Å². The molecule has 0 bridgehead atoms. The molecule has 7 heteroatoms. The lowest BCUT2D eigenvalue weighted by atomic mass is 10.1. The van der Waals surface area contributed by atoms with Gasteiger partial charge in [-0.2, -0.15) is 0 Å². The van der Waals surface area contributed by atoms with E-state index in [2.05, 4.69) is 11.9 Å². The van der Waals surface area contributed by atoms with E-state index in [9.17, 15) is 14.7 Å². The summed E-state index contributed by atoms with van der Waals surface area (Å²) in [6.07, 6.45) is 12.7. The van der Waals surface area contributed by atoms with Crippen LogP contribution in [0.15, 0.2) is 4.99 Å². The number of carboxylic acid groups (broad SMARTS) is 2. The van der Waals surface area contributed by atoms with E-state index in [-0.39, 0.29) is 11.0 Å². The van der Waals surface area contributed by atoms with Crippen molar-refractivity contribution >= 4 is 17.8 Å². The van der Waals surface area contributed by atoms with Gasteiger partial charge in [0.2, 0.25) is 5.84 Å². The quantitative estimate of drug-likeness (QED) is 0.284. The van der Waals surface area contributed by atoms with Crippen molar-refractivity contribution in [1.82, 2.24) is 0 Å². The Hall–Kier alpha value is -1.47. The van der Waals surface area contributed by atoms with Crippen LogP contribution in [0, 0.1) is 0 Å². The topological polar surface area (TPSA) is 96.2 Å². The highest BCUT2D eigenvalue weighted by Gasteiger charge is 2.45. The number of hydrogen-bond donors (Lipinski definition) is 2. The largest absolute Gasteiger partial charge is 0.480 e. The molecule has 0 aromatic heterocycles. The van der Waals surface area contributed by atoms with Gasteiger partial charge in [-0.15, -0.1) is 0 Å². The second kappa shape index (κ2) is 13.7. The zero-order chi connectivity index (χ0) is 20.8.